The van der Waals surface area contributed by atoms with Crippen LogP contribution < -0.4 is 5.32 Å². The van der Waals surface area contributed by atoms with Gasteiger partial charge in [-0.15, -0.1) is 0 Å². The van der Waals surface area contributed by atoms with E-state index < -0.39 is 28.8 Å². The molecule has 1 heterocycles. The predicted molar refractivity (Wildman–Crippen MR) is 63.3 cm³/mol. The number of carboxylic acid groups (broad SMARTS) is 1. The van der Waals surface area contributed by atoms with Crippen molar-refractivity contribution in [1.82, 2.24) is 15.1 Å². The third-order valence-electron chi connectivity index (χ3n) is 2.66. The van der Waals surface area contributed by atoms with Crippen LogP contribution in [-0.2, 0) is 16.1 Å². The van der Waals surface area contributed by atoms with Crippen molar-refractivity contribution in [2.45, 2.75) is 26.4 Å². The number of nitrogens with one attached hydrogen (secondary N) is 1. The molecular weight excluding hydrogens is 256 g/mol. The molecule has 104 valence electrons. The van der Waals surface area contributed by atoms with Gasteiger partial charge in [-0.2, -0.15) is 5.10 Å². The summed E-state index contributed by atoms with van der Waals surface area (Å²) in [6.45, 7) is 2.85. The average molecular weight is 270 g/mol. The second kappa shape index (κ2) is 5.94. The smallest absolute Gasteiger partial charge is 0.308 e. The molecule has 0 aliphatic rings. The Bertz CT molecular complexity index is 498. The number of nitro groups is 1. The number of hydrogen-bond donors (Lipinski definition) is 2. The molecule has 0 aliphatic carbocycles. The van der Waals surface area contributed by atoms with E-state index in [1.165, 1.54) is 6.92 Å². The summed E-state index contributed by atoms with van der Waals surface area (Å²) >= 11 is 0. The zero-order valence-electron chi connectivity index (χ0n) is 10.4. The van der Waals surface area contributed by atoms with Crippen molar-refractivity contribution in [3.05, 3.63) is 22.5 Å². The lowest BCUT2D eigenvalue weighted by atomic mass is 10.0. The van der Waals surface area contributed by atoms with Gasteiger partial charge >= 0.3 is 11.7 Å². The largest absolute Gasteiger partial charge is 0.481 e. The molecule has 1 amide bonds. The zero-order valence-corrected chi connectivity index (χ0v) is 10.4. The molecule has 0 spiro atoms. The zero-order chi connectivity index (χ0) is 14.6. The Balaban J connectivity index is 2.55. The van der Waals surface area contributed by atoms with Gasteiger partial charge in [-0.05, 0) is 13.8 Å². The summed E-state index contributed by atoms with van der Waals surface area (Å²) in [4.78, 5) is 32.1. The molecule has 0 saturated carbocycles. The van der Waals surface area contributed by atoms with E-state index in [0.717, 1.165) is 17.1 Å². The number of aliphatic carboxylic acids is 1. The van der Waals surface area contributed by atoms with Gasteiger partial charge in [0.05, 0.1) is 10.8 Å². The van der Waals surface area contributed by atoms with Gasteiger partial charge in [0.1, 0.15) is 18.9 Å². The second-order valence-electron chi connectivity index (χ2n) is 4.14. The molecule has 2 atom stereocenters. The van der Waals surface area contributed by atoms with Crippen LogP contribution in [0.2, 0.25) is 0 Å². The van der Waals surface area contributed by atoms with E-state index in [1.807, 2.05) is 0 Å². The molecule has 0 fully saturated rings. The summed E-state index contributed by atoms with van der Waals surface area (Å²) in [5.74, 6) is -2.20. The second-order valence-corrected chi connectivity index (χ2v) is 4.14. The van der Waals surface area contributed by atoms with Gasteiger partial charge in [0, 0.05) is 6.04 Å². The Hall–Kier alpha value is -2.45. The van der Waals surface area contributed by atoms with Crippen molar-refractivity contribution in [3.63, 3.8) is 0 Å². The van der Waals surface area contributed by atoms with Crippen LogP contribution >= 0.6 is 0 Å². The first-order valence-corrected chi connectivity index (χ1v) is 5.50. The van der Waals surface area contributed by atoms with Crippen LogP contribution in [-0.4, -0.2) is 37.7 Å². The van der Waals surface area contributed by atoms with Crippen LogP contribution in [0.5, 0.6) is 0 Å². The third kappa shape index (κ3) is 4.05. The van der Waals surface area contributed by atoms with Crippen LogP contribution in [0, 0.1) is 16.0 Å². The molecule has 19 heavy (non-hydrogen) atoms. The number of carbonyl (C=O) groups excluding carboxylic acids is 1. The lowest BCUT2D eigenvalue weighted by molar-refractivity contribution is -0.385. The lowest BCUT2D eigenvalue weighted by Gasteiger charge is -2.17. The quantitative estimate of drug-likeness (QED) is 0.554. The van der Waals surface area contributed by atoms with Gasteiger partial charge in [0.2, 0.25) is 5.91 Å². The number of carboxylic acids is 1. The highest BCUT2D eigenvalue weighted by atomic mass is 16.6. The van der Waals surface area contributed by atoms with Gasteiger partial charge in [-0.1, -0.05) is 0 Å². The number of amides is 1. The van der Waals surface area contributed by atoms with Crippen LogP contribution in [0.25, 0.3) is 0 Å². The predicted octanol–water partition coefficient (Wildman–Crippen LogP) is 0.0167. The Morgan fingerprint density at radius 3 is 2.68 bits per heavy atom. The first kappa shape index (κ1) is 14.6. The summed E-state index contributed by atoms with van der Waals surface area (Å²) in [5, 5.41) is 25.4. The van der Waals surface area contributed by atoms with Crippen molar-refractivity contribution < 1.29 is 19.6 Å². The molecule has 0 aliphatic heterocycles. The Morgan fingerprint density at radius 1 is 1.58 bits per heavy atom. The first-order chi connectivity index (χ1) is 8.81. The molecule has 2 unspecified atom stereocenters. The number of nitrogens with zero attached hydrogens (tertiary/aromatic N) is 3. The molecule has 1 aromatic heterocycles. The van der Waals surface area contributed by atoms with E-state index in [-0.39, 0.29) is 12.2 Å². The van der Waals surface area contributed by atoms with Gasteiger partial charge in [-0.3, -0.25) is 24.4 Å². The first-order valence-electron chi connectivity index (χ1n) is 5.50. The van der Waals surface area contributed by atoms with Gasteiger partial charge in [0.25, 0.3) is 0 Å². The van der Waals surface area contributed by atoms with Crippen LogP contribution in [0.15, 0.2) is 12.4 Å². The summed E-state index contributed by atoms with van der Waals surface area (Å²) in [7, 11) is 0. The fourth-order valence-corrected chi connectivity index (χ4v) is 1.32. The molecule has 1 rings (SSSR count). The van der Waals surface area contributed by atoms with Crippen molar-refractivity contribution in [1.29, 1.82) is 0 Å². The molecule has 0 saturated heterocycles. The molecule has 0 aromatic carbocycles. The highest BCUT2D eigenvalue weighted by Gasteiger charge is 2.21. The van der Waals surface area contributed by atoms with Crippen molar-refractivity contribution in [2.24, 2.45) is 5.92 Å². The Morgan fingerprint density at radius 2 is 2.21 bits per heavy atom. The maximum absolute atomic E-state index is 11.6. The normalized spacial score (nSPS) is 13.6. The van der Waals surface area contributed by atoms with E-state index in [2.05, 4.69) is 10.4 Å². The van der Waals surface area contributed by atoms with Gasteiger partial charge < -0.3 is 10.4 Å². The van der Waals surface area contributed by atoms with Crippen molar-refractivity contribution in [3.8, 4) is 0 Å². The fraction of sp³-hybridized carbons (Fsp3) is 0.500. The molecule has 0 radical (unpaired) electrons. The fourth-order valence-electron chi connectivity index (χ4n) is 1.32. The summed E-state index contributed by atoms with van der Waals surface area (Å²) in [6, 6.07) is -0.546. The van der Waals surface area contributed by atoms with Crippen LogP contribution in [0.3, 0.4) is 0 Å². The molecular formula is C10H14N4O5. The number of rotatable bonds is 6. The Labute approximate surface area is 108 Å². The van der Waals surface area contributed by atoms with E-state index in [9.17, 15) is 19.7 Å². The van der Waals surface area contributed by atoms with Crippen LogP contribution in [0.4, 0.5) is 5.69 Å². The highest BCUT2D eigenvalue weighted by molar-refractivity contribution is 5.77. The van der Waals surface area contributed by atoms with E-state index in [0.29, 0.717) is 0 Å². The number of hydrogen-bond acceptors (Lipinski definition) is 5. The summed E-state index contributed by atoms with van der Waals surface area (Å²) in [5.41, 5.74) is -0.209. The van der Waals surface area contributed by atoms with E-state index >= 15 is 0 Å². The standard InChI is InChI=1S/C10H14N4O5/c1-6(10(16)17)7(2)12-9(15)5-13-4-8(3-11-13)14(18)19/h3-4,6-7H,5H2,1-2H3,(H,12,15)(H,16,17). The highest BCUT2D eigenvalue weighted by Crippen LogP contribution is 2.07. The topological polar surface area (TPSA) is 127 Å². The maximum Gasteiger partial charge on any atom is 0.308 e. The van der Waals surface area contributed by atoms with E-state index in [1.54, 1.807) is 6.92 Å². The molecule has 1 aromatic rings. The lowest BCUT2D eigenvalue weighted by Crippen LogP contribution is -2.41. The minimum Gasteiger partial charge on any atom is -0.481 e. The molecule has 0 bridgehead atoms. The summed E-state index contributed by atoms with van der Waals surface area (Å²) < 4.78 is 1.12. The molecule has 9 nitrogen and oxygen atoms in total. The number of aromatic nitrogens is 2. The molecule has 2 N–H and O–H groups in total. The van der Waals surface area contributed by atoms with E-state index in [4.69, 9.17) is 5.11 Å². The van der Waals surface area contributed by atoms with Crippen molar-refractivity contribution >= 4 is 17.6 Å². The minimum absolute atomic E-state index is 0.204. The molecule has 9 heteroatoms. The van der Waals surface area contributed by atoms with Crippen molar-refractivity contribution in [2.75, 3.05) is 0 Å². The Kier molecular flexibility index (Phi) is 4.56. The third-order valence-corrected chi connectivity index (χ3v) is 2.66. The average Bonchev–Trinajstić information content (AvgIpc) is 2.76. The monoisotopic (exact) mass is 270 g/mol. The number of carbonyl (C=O) groups is 2. The van der Waals surface area contributed by atoms with Gasteiger partial charge in [0.15, 0.2) is 0 Å². The maximum atomic E-state index is 11.6. The van der Waals surface area contributed by atoms with Gasteiger partial charge in [-0.25, -0.2) is 0 Å². The summed E-state index contributed by atoms with van der Waals surface area (Å²) in [6.07, 6.45) is 2.17. The SMILES string of the molecule is CC(NC(=O)Cn1cc([N+](=O)[O-])cn1)C(C)C(=O)O. The minimum atomic E-state index is -1.01. The van der Waals surface area contributed by atoms with Crippen LogP contribution in [0.1, 0.15) is 13.8 Å².